The second kappa shape index (κ2) is 11.6. The van der Waals surface area contributed by atoms with E-state index in [-0.39, 0.29) is 24.4 Å². The summed E-state index contributed by atoms with van der Waals surface area (Å²) in [6.07, 6.45) is 2.04. The van der Waals surface area contributed by atoms with E-state index in [1.165, 1.54) is 11.8 Å². The second-order valence-corrected chi connectivity index (χ2v) is 11.1. The largest absolute Gasteiger partial charge is 0.452 e. The van der Waals surface area contributed by atoms with Crippen molar-refractivity contribution in [3.8, 4) is 0 Å². The summed E-state index contributed by atoms with van der Waals surface area (Å²) in [5.74, 6) is 0.680. The van der Waals surface area contributed by atoms with Crippen LogP contribution in [-0.4, -0.2) is 27.4 Å². The molecule has 0 spiro atoms. The van der Waals surface area contributed by atoms with Crippen LogP contribution in [0.3, 0.4) is 0 Å². The number of benzene rings is 2. The van der Waals surface area contributed by atoms with Crippen molar-refractivity contribution >= 4 is 52.3 Å². The first-order chi connectivity index (χ1) is 18.4. The van der Waals surface area contributed by atoms with Gasteiger partial charge in [0, 0.05) is 34.8 Å². The van der Waals surface area contributed by atoms with Crippen molar-refractivity contribution in [1.82, 2.24) is 15.2 Å². The number of hydrogen-bond donors (Lipinski definition) is 2. The number of amides is 1. The lowest BCUT2D eigenvalue weighted by molar-refractivity contribution is -0.116. The molecule has 0 saturated carbocycles. The maximum Gasteiger partial charge on any atom is 0.226 e. The van der Waals surface area contributed by atoms with Gasteiger partial charge in [0.1, 0.15) is 11.8 Å². The number of nitrogens with zero attached hydrogens (tertiary/aromatic N) is 2. The topological polar surface area (TPSA) is 70.4 Å². The Morgan fingerprint density at radius 1 is 1.13 bits per heavy atom. The van der Waals surface area contributed by atoms with E-state index in [1.807, 2.05) is 91.5 Å². The lowest BCUT2D eigenvalue weighted by atomic mass is 10.0. The van der Waals surface area contributed by atoms with Crippen LogP contribution < -0.4 is 10.6 Å². The van der Waals surface area contributed by atoms with E-state index >= 15 is 0 Å². The fourth-order valence-corrected chi connectivity index (χ4v) is 5.66. The van der Waals surface area contributed by atoms with Crippen LogP contribution in [0.25, 0.3) is 0 Å². The number of aryl methyl sites for hydroxylation is 2. The monoisotopic (exact) mass is 562 g/mol. The summed E-state index contributed by atoms with van der Waals surface area (Å²) in [6, 6.07) is 22.9. The SMILES string of the molecule is Cc1ccc(C)c(NC(=O)CCN2C(=S)NC(c3ccccn3)C2c2ccc(Sc3ccc(Cl)cc3)o2)c1. The number of nitrogens with one attached hydrogen (secondary N) is 2. The fourth-order valence-electron chi connectivity index (χ4n) is 4.43. The number of carbonyl (C=O) groups excluding carboxylic acids is 1. The van der Waals surface area contributed by atoms with Crippen LogP contribution >= 0.6 is 35.6 Å². The number of rotatable bonds is 8. The molecule has 1 amide bonds. The number of halogens is 1. The van der Waals surface area contributed by atoms with Crippen molar-refractivity contribution in [3.05, 3.63) is 107 Å². The Morgan fingerprint density at radius 2 is 1.95 bits per heavy atom. The van der Waals surface area contributed by atoms with Gasteiger partial charge in [-0.3, -0.25) is 9.78 Å². The third-order valence-electron chi connectivity index (χ3n) is 6.37. The highest BCUT2D eigenvalue weighted by atomic mass is 35.5. The van der Waals surface area contributed by atoms with Gasteiger partial charge in [0.2, 0.25) is 5.91 Å². The Hall–Kier alpha value is -3.33. The Balaban J connectivity index is 1.36. The van der Waals surface area contributed by atoms with Crippen molar-refractivity contribution < 1.29 is 9.21 Å². The summed E-state index contributed by atoms with van der Waals surface area (Å²) >= 11 is 13.3. The minimum absolute atomic E-state index is 0.0695. The van der Waals surface area contributed by atoms with Gasteiger partial charge in [-0.1, -0.05) is 41.6 Å². The van der Waals surface area contributed by atoms with Crippen molar-refractivity contribution in [2.24, 2.45) is 0 Å². The van der Waals surface area contributed by atoms with Crippen LogP contribution in [0.15, 0.2) is 93.4 Å². The molecule has 0 aliphatic carbocycles. The first kappa shape index (κ1) is 26.3. The number of hydrogen-bond acceptors (Lipinski definition) is 5. The van der Waals surface area contributed by atoms with Crippen LogP contribution in [0.1, 0.15) is 41.1 Å². The van der Waals surface area contributed by atoms with Crippen LogP contribution in [0.4, 0.5) is 5.69 Å². The summed E-state index contributed by atoms with van der Waals surface area (Å²) in [7, 11) is 0. The Labute approximate surface area is 236 Å². The second-order valence-electron chi connectivity index (χ2n) is 9.15. The average molecular weight is 563 g/mol. The van der Waals surface area contributed by atoms with Gasteiger partial charge in [0.15, 0.2) is 10.2 Å². The minimum Gasteiger partial charge on any atom is -0.452 e. The van der Waals surface area contributed by atoms with E-state index in [1.54, 1.807) is 6.20 Å². The normalized spacial score (nSPS) is 16.9. The minimum atomic E-state index is -0.259. The van der Waals surface area contributed by atoms with Crippen molar-refractivity contribution in [2.45, 2.75) is 42.3 Å². The molecule has 3 heterocycles. The molecule has 4 aromatic rings. The highest BCUT2D eigenvalue weighted by Crippen LogP contribution is 2.41. The highest BCUT2D eigenvalue weighted by Gasteiger charge is 2.41. The first-order valence-corrected chi connectivity index (χ1v) is 13.9. The van der Waals surface area contributed by atoms with Crippen molar-refractivity contribution in [1.29, 1.82) is 0 Å². The predicted octanol–water partition coefficient (Wildman–Crippen LogP) is 7.10. The quantitative estimate of drug-likeness (QED) is 0.222. The number of carbonyl (C=O) groups is 1. The molecule has 1 fully saturated rings. The molecule has 2 aromatic carbocycles. The lowest BCUT2D eigenvalue weighted by Gasteiger charge is -2.25. The Bertz CT molecular complexity index is 1440. The molecule has 2 atom stereocenters. The molecular weight excluding hydrogens is 536 g/mol. The summed E-state index contributed by atoms with van der Waals surface area (Å²) in [6.45, 7) is 4.42. The van der Waals surface area contributed by atoms with Gasteiger partial charge in [0.25, 0.3) is 0 Å². The van der Waals surface area contributed by atoms with E-state index < -0.39 is 0 Å². The molecule has 0 bridgehead atoms. The fraction of sp³-hybridized carbons (Fsp3) is 0.207. The number of anilines is 1. The van der Waals surface area contributed by atoms with Gasteiger partial charge in [-0.05, 0) is 91.8 Å². The van der Waals surface area contributed by atoms with Gasteiger partial charge in [-0.15, -0.1) is 0 Å². The zero-order chi connectivity index (χ0) is 26.6. The summed E-state index contributed by atoms with van der Waals surface area (Å²) in [4.78, 5) is 20.5. The Kier molecular flexibility index (Phi) is 8.02. The van der Waals surface area contributed by atoms with Crippen molar-refractivity contribution in [3.63, 3.8) is 0 Å². The van der Waals surface area contributed by atoms with Crippen LogP contribution in [0.5, 0.6) is 0 Å². The molecule has 2 unspecified atom stereocenters. The van der Waals surface area contributed by atoms with Crippen LogP contribution in [0.2, 0.25) is 5.02 Å². The van der Waals surface area contributed by atoms with Gasteiger partial charge < -0.3 is 20.0 Å². The van der Waals surface area contributed by atoms with Gasteiger partial charge in [-0.2, -0.15) is 0 Å². The summed E-state index contributed by atoms with van der Waals surface area (Å²) in [5.41, 5.74) is 3.80. The molecule has 38 heavy (non-hydrogen) atoms. The molecule has 194 valence electrons. The number of pyridine rings is 1. The lowest BCUT2D eigenvalue weighted by Crippen LogP contribution is -2.32. The van der Waals surface area contributed by atoms with Crippen LogP contribution in [-0.2, 0) is 4.79 Å². The summed E-state index contributed by atoms with van der Waals surface area (Å²) < 4.78 is 6.32. The third kappa shape index (κ3) is 6.04. The molecule has 1 saturated heterocycles. The number of aromatic nitrogens is 1. The average Bonchev–Trinajstić information content (AvgIpc) is 3.50. The molecule has 6 nitrogen and oxygen atoms in total. The molecular formula is C29H27ClN4O2S2. The smallest absolute Gasteiger partial charge is 0.226 e. The van der Waals surface area contributed by atoms with E-state index in [0.29, 0.717) is 16.7 Å². The third-order valence-corrected chi connectivity index (χ3v) is 7.90. The van der Waals surface area contributed by atoms with E-state index in [0.717, 1.165) is 38.3 Å². The van der Waals surface area contributed by atoms with Gasteiger partial charge >= 0.3 is 0 Å². The highest BCUT2D eigenvalue weighted by molar-refractivity contribution is 7.99. The van der Waals surface area contributed by atoms with Gasteiger partial charge in [0.05, 0.1) is 11.7 Å². The zero-order valence-electron chi connectivity index (χ0n) is 21.0. The van der Waals surface area contributed by atoms with Crippen molar-refractivity contribution in [2.75, 3.05) is 11.9 Å². The van der Waals surface area contributed by atoms with E-state index in [9.17, 15) is 4.79 Å². The molecule has 1 aliphatic rings. The standard InChI is InChI=1S/C29H27ClN4O2S2/c1-18-6-7-19(2)23(17-18)32-25(35)14-16-34-28(27(33-29(34)37)22-5-3-4-15-31-22)24-12-13-26(36-24)38-21-10-8-20(30)9-11-21/h3-13,15,17,27-28H,14,16H2,1-2H3,(H,32,35)(H,33,37). The molecule has 2 aromatic heterocycles. The molecule has 2 N–H and O–H groups in total. The maximum atomic E-state index is 12.9. The maximum absolute atomic E-state index is 12.9. The molecule has 9 heteroatoms. The molecule has 1 aliphatic heterocycles. The van der Waals surface area contributed by atoms with Crippen LogP contribution in [0, 0.1) is 13.8 Å². The predicted molar refractivity (Wildman–Crippen MR) is 156 cm³/mol. The number of furan rings is 1. The number of thiocarbonyl (C=S) groups is 1. The zero-order valence-corrected chi connectivity index (χ0v) is 23.4. The Morgan fingerprint density at radius 3 is 2.71 bits per heavy atom. The molecule has 0 radical (unpaired) electrons. The van der Waals surface area contributed by atoms with E-state index in [4.69, 9.17) is 28.2 Å². The van der Waals surface area contributed by atoms with E-state index in [2.05, 4.69) is 15.6 Å². The first-order valence-electron chi connectivity index (χ1n) is 12.3. The van der Waals surface area contributed by atoms with Gasteiger partial charge in [-0.25, -0.2) is 0 Å². The molecule has 5 rings (SSSR count). The summed E-state index contributed by atoms with van der Waals surface area (Å²) in [5, 5.41) is 8.46.